The molecule has 0 bridgehead atoms. The Kier molecular flexibility index (Phi) is 6.65. The second-order valence-electron chi connectivity index (χ2n) is 5.61. The van der Waals surface area contributed by atoms with Gasteiger partial charge in [0.15, 0.2) is 5.96 Å². The second kappa shape index (κ2) is 8.72. The van der Waals surface area contributed by atoms with Gasteiger partial charge in [-0.15, -0.1) is 11.3 Å². The summed E-state index contributed by atoms with van der Waals surface area (Å²) in [6.45, 7) is 10.6. The molecule has 1 atom stereocenters. The van der Waals surface area contributed by atoms with Gasteiger partial charge in [-0.25, -0.2) is 0 Å². The van der Waals surface area contributed by atoms with E-state index in [1.54, 1.807) is 11.3 Å². The minimum Gasteiger partial charge on any atom is -0.361 e. The summed E-state index contributed by atoms with van der Waals surface area (Å²) in [5.74, 6) is 2.04. The monoisotopic (exact) mass is 334 g/mol. The number of hydrogen-bond acceptors (Lipinski definition) is 4. The molecule has 0 radical (unpaired) electrons. The Labute approximate surface area is 142 Å². The van der Waals surface area contributed by atoms with Crippen molar-refractivity contribution in [1.29, 1.82) is 0 Å². The molecular weight excluding hydrogens is 308 g/mol. The first-order chi connectivity index (χ1) is 11.1. The van der Waals surface area contributed by atoms with Crippen molar-refractivity contribution in [2.75, 3.05) is 19.6 Å². The smallest absolute Gasteiger partial charge is 0.191 e. The molecule has 0 saturated heterocycles. The number of rotatable bonds is 7. The van der Waals surface area contributed by atoms with E-state index in [-0.39, 0.29) is 5.92 Å². The van der Waals surface area contributed by atoms with E-state index in [4.69, 9.17) is 9.52 Å². The van der Waals surface area contributed by atoms with Crippen LogP contribution >= 0.6 is 11.3 Å². The molecule has 126 valence electrons. The van der Waals surface area contributed by atoms with Gasteiger partial charge in [-0.3, -0.25) is 4.99 Å². The normalized spacial score (nSPS) is 13.1. The van der Waals surface area contributed by atoms with Crippen molar-refractivity contribution in [2.45, 2.75) is 40.0 Å². The third-order valence-electron chi connectivity index (χ3n) is 3.69. The van der Waals surface area contributed by atoms with Gasteiger partial charge < -0.3 is 15.2 Å². The Hall–Kier alpha value is -1.82. The van der Waals surface area contributed by atoms with Crippen LogP contribution in [-0.4, -0.2) is 30.8 Å². The Morgan fingerprint density at radius 2 is 2.22 bits per heavy atom. The highest BCUT2D eigenvalue weighted by molar-refractivity contribution is 7.09. The zero-order valence-electron chi connectivity index (χ0n) is 14.3. The fraction of sp³-hybridized carbons (Fsp3) is 0.529. The molecule has 2 heterocycles. The predicted octanol–water partition coefficient (Wildman–Crippen LogP) is 3.25. The molecule has 2 aromatic rings. The molecule has 0 fully saturated rings. The van der Waals surface area contributed by atoms with E-state index in [1.807, 2.05) is 13.8 Å². The van der Waals surface area contributed by atoms with Gasteiger partial charge in [-0.2, -0.15) is 0 Å². The number of aryl methyl sites for hydroxylation is 2. The molecule has 2 rings (SSSR count). The fourth-order valence-electron chi connectivity index (χ4n) is 2.61. The molecule has 5 nitrogen and oxygen atoms in total. The molecular formula is C17H26N4OS. The van der Waals surface area contributed by atoms with E-state index in [9.17, 15) is 0 Å². The van der Waals surface area contributed by atoms with Crippen molar-refractivity contribution < 1.29 is 4.52 Å². The van der Waals surface area contributed by atoms with E-state index in [0.29, 0.717) is 6.54 Å². The second-order valence-corrected chi connectivity index (χ2v) is 6.65. The van der Waals surface area contributed by atoms with Crippen LogP contribution in [0, 0.1) is 13.8 Å². The average molecular weight is 334 g/mol. The fourth-order valence-corrected chi connectivity index (χ4v) is 3.32. The van der Waals surface area contributed by atoms with Gasteiger partial charge in [0.1, 0.15) is 5.76 Å². The van der Waals surface area contributed by atoms with Gasteiger partial charge in [0, 0.05) is 36.0 Å². The van der Waals surface area contributed by atoms with Crippen LogP contribution in [-0.2, 0) is 6.42 Å². The highest BCUT2D eigenvalue weighted by atomic mass is 32.1. The zero-order chi connectivity index (χ0) is 16.7. The lowest BCUT2D eigenvalue weighted by atomic mass is 10.00. The van der Waals surface area contributed by atoms with Gasteiger partial charge in [0.25, 0.3) is 0 Å². The van der Waals surface area contributed by atoms with Crippen LogP contribution in [0.2, 0.25) is 0 Å². The number of guanidine groups is 1. The van der Waals surface area contributed by atoms with Crippen LogP contribution in [0.3, 0.4) is 0 Å². The molecule has 0 spiro atoms. The molecule has 0 aliphatic rings. The molecule has 0 aliphatic heterocycles. The first kappa shape index (κ1) is 17.5. The number of nitrogens with zero attached hydrogens (tertiary/aromatic N) is 2. The minimum atomic E-state index is 0.286. The maximum Gasteiger partial charge on any atom is 0.191 e. The molecule has 23 heavy (non-hydrogen) atoms. The third-order valence-corrected chi connectivity index (χ3v) is 4.63. The summed E-state index contributed by atoms with van der Waals surface area (Å²) >= 11 is 1.79. The highest BCUT2D eigenvalue weighted by Crippen LogP contribution is 2.23. The topological polar surface area (TPSA) is 62.5 Å². The summed E-state index contributed by atoms with van der Waals surface area (Å²) in [4.78, 5) is 6.09. The number of nitrogens with one attached hydrogen (secondary N) is 2. The first-order valence-corrected chi connectivity index (χ1v) is 8.97. The van der Waals surface area contributed by atoms with Crippen molar-refractivity contribution in [3.8, 4) is 0 Å². The quantitative estimate of drug-likeness (QED) is 0.603. The summed E-state index contributed by atoms with van der Waals surface area (Å²) in [7, 11) is 0. The van der Waals surface area contributed by atoms with Crippen LogP contribution in [0.4, 0.5) is 0 Å². The van der Waals surface area contributed by atoms with E-state index >= 15 is 0 Å². The Bertz CT molecular complexity index is 599. The van der Waals surface area contributed by atoms with E-state index in [0.717, 1.165) is 36.9 Å². The van der Waals surface area contributed by atoms with Crippen molar-refractivity contribution in [3.63, 3.8) is 0 Å². The summed E-state index contributed by atoms with van der Waals surface area (Å²) in [6, 6.07) is 4.25. The summed E-state index contributed by atoms with van der Waals surface area (Å²) in [6.07, 6.45) is 1.02. The Morgan fingerprint density at radius 1 is 1.39 bits per heavy atom. The largest absolute Gasteiger partial charge is 0.361 e. The average Bonchev–Trinajstić information content (AvgIpc) is 3.15. The highest BCUT2D eigenvalue weighted by Gasteiger charge is 2.16. The Morgan fingerprint density at radius 3 is 2.83 bits per heavy atom. The van der Waals surface area contributed by atoms with Gasteiger partial charge in [0.05, 0.1) is 5.69 Å². The van der Waals surface area contributed by atoms with E-state index < -0.39 is 0 Å². The number of aromatic nitrogens is 1. The maximum atomic E-state index is 5.25. The van der Waals surface area contributed by atoms with Crippen LogP contribution in [0.15, 0.2) is 27.0 Å². The van der Waals surface area contributed by atoms with Gasteiger partial charge in [0.2, 0.25) is 0 Å². The lowest BCUT2D eigenvalue weighted by Gasteiger charge is -2.13. The van der Waals surface area contributed by atoms with Gasteiger partial charge >= 0.3 is 0 Å². The molecule has 0 aliphatic carbocycles. The number of hydrogen-bond donors (Lipinski definition) is 2. The van der Waals surface area contributed by atoms with Crippen LogP contribution < -0.4 is 10.6 Å². The van der Waals surface area contributed by atoms with E-state index in [2.05, 4.69) is 47.2 Å². The van der Waals surface area contributed by atoms with Crippen LogP contribution in [0.25, 0.3) is 0 Å². The third kappa shape index (κ3) is 5.10. The van der Waals surface area contributed by atoms with Crippen molar-refractivity contribution >= 4 is 17.3 Å². The number of aliphatic imine (C=N–C) groups is 1. The molecule has 1 unspecified atom stereocenters. The lowest BCUT2D eigenvalue weighted by molar-refractivity contribution is 0.391. The summed E-state index contributed by atoms with van der Waals surface area (Å²) < 4.78 is 5.25. The molecule has 2 N–H and O–H groups in total. The predicted molar refractivity (Wildman–Crippen MR) is 96.4 cm³/mol. The standard InChI is InChI=1S/C17H26N4OS/c1-5-18-17(19-9-8-15-7-6-10-23-15)20-11-12(2)16-13(3)21-22-14(16)4/h6-7,10,12H,5,8-9,11H2,1-4H3,(H2,18,19,20). The van der Waals surface area contributed by atoms with Crippen molar-refractivity contribution in [1.82, 2.24) is 15.8 Å². The van der Waals surface area contributed by atoms with Crippen molar-refractivity contribution in [2.24, 2.45) is 4.99 Å². The minimum absolute atomic E-state index is 0.286. The molecule has 0 amide bonds. The van der Waals surface area contributed by atoms with Crippen molar-refractivity contribution in [3.05, 3.63) is 39.4 Å². The molecule has 6 heteroatoms. The SMILES string of the molecule is CCNC(=NCC(C)c1c(C)noc1C)NCCc1cccs1. The maximum absolute atomic E-state index is 5.25. The summed E-state index contributed by atoms with van der Waals surface area (Å²) in [5, 5.41) is 12.8. The van der Waals surface area contributed by atoms with E-state index in [1.165, 1.54) is 10.4 Å². The Balaban J connectivity index is 1.90. The number of thiophene rings is 1. The zero-order valence-corrected chi connectivity index (χ0v) is 15.2. The van der Waals surface area contributed by atoms with Gasteiger partial charge in [-0.05, 0) is 38.6 Å². The van der Waals surface area contributed by atoms with Gasteiger partial charge in [-0.1, -0.05) is 18.1 Å². The molecule has 2 aromatic heterocycles. The molecule has 0 saturated carbocycles. The van der Waals surface area contributed by atoms with Crippen LogP contribution in [0.5, 0.6) is 0 Å². The molecule has 0 aromatic carbocycles. The first-order valence-electron chi connectivity index (χ1n) is 8.09. The summed E-state index contributed by atoms with van der Waals surface area (Å²) in [5.41, 5.74) is 2.13. The van der Waals surface area contributed by atoms with Crippen LogP contribution in [0.1, 0.15) is 41.7 Å². The lowest BCUT2D eigenvalue weighted by Crippen LogP contribution is -2.38.